The summed E-state index contributed by atoms with van der Waals surface area (Å²) in [6, 6.07) is 17.5. The number of nitriles is 1. The number of nitrogens with zero attached hydrogens (tertiary/aromatic N) is 4. The van der Waals surface area contributed by atoms with Crippen LogP contribution < -0.4 is 15.4 Å². The zero-order valence-electron chi connectivity index (χ0n) is 23.0. The van der Waals surface area contributed by atoms with E-state index in [2.05, 4.69) is 26.7 Å². The molecule has 206 valence electrons. The highest BCUT2D eigenvalue weighted by Gasteiger charge is 2.16. The molecule has 2 aromatic carbocycles. The smallest absolute Gasteiger partial charge is 0.224 e. The van der Waals surface area contributed by atoms with E-state index in [1.807, 2.05) is 68.4 Å². The van der Waals surface area contributed by atoms with Crippen molar-refractivity contribution in [2.45, 2.75) is 32.6 Å². The summed E-state index contributed by atoms with van der Waals surface area (Å²) in [5, 5.41) is 17.5. The van der Waals surface area contributed by atoms with E-state index in [0.29, 0.717) is 51.6 Å². The highest BCUT2D eigenvalue weighted by molar-refractivity contribution is 6.31. The first-order valence-corrected chi connectivity index (χ1v) is 13.6. The lowest BCUT2D eigenvalue weighted by atomic mass is 10.1. The predicted molar refractivity (Wildman–Crippen MR) is 160 cm³/mol. The maximum absolute atomic E-state index is 12.7. The summed E-state index contributed by atoms with van der Waals surface area (Å²) < 4.78 is 5.82. The summed E-state index contributed by atoms with van der Waals surface area (Å²) >= 11 is 6.65. The Bertz CT molecular complexity index is 1520. The summed E-state index contributed by atoms with van der Waals surface area (Å²) in [5.74, 6) is 0.425. The number of carbonyl (C=O) groups is 1. The van der Waals surface area contributed by atoms with Gasteiger partial charge >= 0.3 is 0 Å². The first-order valence-electron chi connectivity index (χ1n) is 13.3. The molecule has 8 nitrogen and oxygen atoms in total. The van der Waals surface area contributed by atoms with Crippen LogP contribution >= 0.6 is 11.6 Å². The van der Waals surface area contributed by atoms with Gasteiger partial charge in [0.1, 0.15) is 11.8 Å². The molecule has 0 atom stereocenters. The molecule has 0 unspecified atom stereocenters. The van der Waals surface area contributed by atoms with Crippen molar-refractivity contribution in [1.29, 1.82) is 5.26 Å². The Hall–Kier alpha value is -4.19. The molecule has 1 amide bonds. The fourth-order valence-electron chi connectivity index (χ4n) is 4.36. The molecule has 2 N–H and O–H groups in total. The van der Waals surface area contributed by atoms with Crippen molar-refractivity contribution < 1.29 is 9.53 Å². The van der Waals surface area contributed by atoms with Crippen LogP contribution in [0.25, 0.3) is 10.9 Å². The molecule has 0 aliphatic heterocycles. The number of pyridine rings is 2. The van der Waals surface area contributed by atoms with Gasteiger partial charge in [0, 0.05) is 46.7 Å². The van der Waals surface area contributed by atoms with E-state index in [1.54, 1.807) is 12.3 Å². The Morgan fingerprint density at radius 2 is 1.98 bits per heavy atom. The molecule has 0 saturated carbocycles. The summed E-state index contributed by atoms with van der Waals surface area (Å²) in [4.78, 5) is 23.6. The fourth-order valence-corrected chi connectivity index (χ4v) is 4.64. The van der Waals surface area contributed by atoms with E-state index >= 15 is 0 Å². The molecule has 40 heavy (non-hydrogen) atoms. The van der Waals surface area contributed by atoms with Gasteiger partial charge in [-0.15, -0.1) is 0 Å². The van der Waals surface area contributed by atoms with E-state index < -0.39 is 0 Å². The number of aryl methyl sites for hydroxylation is 2. The van der Waals surface area contributed by atoms with Gasteiger partial charge in [-0.3, -0.25) is 14.8 Å². The lowest BCUT2D eigenvalue weighted by Gasteiger charge is -2.17. The van der Waals surface area contributed by atoms with Crippen molar-refractivity contribution in [3.63, 3.8) is 0 Å². The number of rotatable bonds is 12. The standard InChI is InChI=1S/C31H33ClN6O2/c1-4-40-29-18-27-25(17-28(29)37-30(39)9-7-15-38(2)3)31(22(19-33)20-35-27)36-24-13-11-21(26(32)16-24)10-12-23-8-5-6-14-34-23/h5-6,8,11,13-14,16-18,20H,4,7,9-10,12,15H2,1-3H3,(H,35,36)(H,37,39). The molecule has 4 rings (SSSR count). The number of nitrogens with one attached hydrogen (secondary N) is 2. The molecule has 0 radical (unpaired) electrons. The Kier molecular flexibility index (Phi) is 9.90. The number of hydrogen-bond donors (Lipinski definition) is 2. The third-order valence-corrected chi connectivity index (χ3v) is 6.72. The van der Waals surface area contributed by atoms with Crippen molar-refractivity contribution in [2.75, 3.05) is 37.9 Å². The van der Waals surface area contributed by atoms with Crippen molar-refractivity contribution in [3.05, 3.63) is 82.8 Å². The lowest BCUT2D eigenvalue weighted by Crippen LogP contribution is -2.17. The van der Waals surface area contributed by atoms with Gasteiger partial charge in [-0.05, 0) is 82.7 Å². The minimum absolute atomic E-state index is 0.103. The van der Waals surface area contributed by atoms with Crippen LogP contribution in [0.1, 0.15) is 36.6 Å². The molecule has 0 bridgehead atoms. The Labute approximate surface area is 240 Å². The second-order valence-electron chi connectivity index (χ2n) is 9.66. The number of hydrogen-bond acceptors (Lipinski definition) is 7. The fraction of sp³-hybridized carbons (Fsp3) is 0.290. The molecule has 4 aromatic rings. The van der Waals surface area contributed by atoms with Crippen LogP contribution in [0.4, 0.5) is 17.1 Å². The number of anilines is 3. The van der Waals surface area contributed by atoms with Gasteiger partial charge in [0.15, 0.2) is 0 Å². The first kappa shape index (κ1) is 28.8. The average Bonchev–Trinajstić information content (AvgIpc) is 2.94. The number of halogens is 1. The SMILES string of the molecule is CCOc1cc2ncc(C#N)c(Nc3ccc(CCc4ccccn4)c(Cl)c3)c2cc1NC(=O)CCCN(C)C. The number of fused-ring (bicyclic) bond motifs is 1. The van der Waals surface area contributed by atoms with E-state index in [4.69, 9.17) is 16.3 Å². The van der Waals surface area contributed by atoms with Crippen molar-refractivity contribution in [2.24, 2.45) is 0 Å². The highest BCUT2D eigenvalue weighted by Crippen LogP contribution is 2.37. The van der Waals surface area contributed by atoms with E-state index in [9.17, 15) is 10.1 Å². The monoisotopic (exact) mass is 556 g/mol. The third kappa shape index (κ3) is 7.47. The lowest BCUT2D eigenvalue weighted by molar-refractivity contribution is -0.116. The molecule has 0 aliphatic rings. The molecule has 0 aliphatic carbocycles. The quantitative estimate of drug-likeness (QED) is 0.209. The van der Waals surface area contributed by atoms with E-state index in [1.165, 1.54) is 6.20 Å². The van der Waals surface area contributed by atoms with Gasteiger partial charge in [-0.1, -0.05) is 23.7 Å². The zero-order chi connectivity index (χ0) is 28.5. The number of carbonyl (C=O) groups excluding carboxylic acids is 1. The van der Waals surface area contributed by atoms with E-state index in [0.717, 1.165) is 42.8 Å². The molecule has 0 fully saturated rings. The summed E-state index contributed by atoms with van der Waals surface area (Å²) in [7, 11) is 3.96. The van der Waals surface area contributed by atoms with Gasteiger partial charge in [0.25, 0.3) is 0 Å². The number of aromatic nitrogens is 2. The Balaban J connectivity index is 1.62. The Morgan fingerprint density at radius 3 is 2.67 bits per heavy atom. The van der Waals surface area contributed by atoms with Crippen LogP contribution in [0.2, 0.25) is 5.02 Å². The van der Waals surface area contributed by atoms with Crippen LogP contribution in [0, 0.1) is 11.3 Å². The Morgan fingerprint density at radius 1 is 1.12 bits per heavy atom. The molecule has 0 spiro atoms. The first-order chi connectivity index (χ1) is 19.4. The summed E-state index contributed by atoms with van der Waals surface area (Å²) in [6.07, 6.45) is 5.98. The largest absolute Gasteiger partial charge is 0.492 e. The molecule has 2 heterocycles. The number of amides is 1. The second kappa shape index (κ2) is 13.7. The predicted octanol–water partition coefficient (Wildman–Crippen LogP) is 6.36. The van der Waals surface area contributed by atoms with Crippen molar-refractivity contribution >= 4 is 45.5 Å². The minimum atomic E-state index is -0.103. The van der Waals surface area contributed by atoms with Crippen LogP contribution in [0.3, 0.4) is 0 Å². The number of benzene rings is 2. The topological polar surface area (TPSA) is 103 Å². The van der Waals surface area contributed by atoms with Crippen LogP contribution in [-0.4, -0.2) is 48.0 Å². The third-order valence-electron chi connectivity index (χ3n) is 6.37. The molecular formula is C31H33ClN6O2. The molecule has 2 aromatic heterocycles. The minimum Gasteiger partial charge on any atom is -0.492 e. The maximum atomic E-state index is 12.7. The highest BCUT2D eigenvalue weighted by atomic mass is 35.5. The van der Waals surface area contributed by atoms with Crippen LogP contribution in [-0.2, 0) is 17.6 Å². The van der Waals surface area contributed by atoms with Crippen molar-refractivity contribution in [1.82, 2.24) is 14.9 Å². The maximum Gasteiger partial charge on any atom is 0.224 e. The van der Waals surface area contributed by atoms with Gasteiger partial charge in [0.2, 0.25) is 5.91 Å². The van der Waals surface area contributed by atoms with Gasteiger partial charge in [0.05, 0.1) is 29.1 Å². The van der Waals surface area contributed by atoms with Crippen LogP contribution in [0.5, 0.6) is 5.75 Å². The van der Waals surface area contributed by atoms with E-state index in [-0.39, 0.29) is 5.91 Å². The zero-order valence-corrected chi connectivity index (χ0v) is 23.8. The van der Waals surface area contributed by atoms with Crippen LogP contribution in [0.15, 0.2) is 60.9 Å². The average molecular weight is 557 g/mol. The molecule has 0 saturated heterocycles. The number of ether oxygens (including phenoxy) is 1. The van der Waals surface area contributed by atoms with Gasteiger partial charge in [-0.2, -0.15) is 5.26 Å². The molecule has 9 heteroatoms. The van der Waals surface area contributed by atoms with Crippen molar-refractivity contribution in [3.8, 4) is 11.8 Å². The second-order valence-corrected chi connectivity index (χ2v) is 10.1. The summed E-state index contributed by atoms with van der Waals surface area (Å²) in [5.41, 5.74) is 4.87. The normalized spacial score (nSPS) is 10.9. The summed E-state index contributed by atoms with van der Waals surface area (Å²) in [6.45, 7) is 3.13. The van der Waals surface area contributed by atoms with Gasteiger partial charge in [-0.25, -0.2) is 0 Å². The van der Waals surface area contributed by atoms with Gasteiger partial charge < -0.3 is 20.3 Å². The molecular weight excluding hydrogens is 524 g/mol.